The third-order valence-corrected chi connectivity index (χ3v) is 2.82. The van der Waals surface area contributed by atoms with Gasteiger partial charge in [0, 0.05) is 12.5 Å². The van der Waals surface area contributed by atoms with E-state index in [1.54, 1.807) is 7.11 Å². The van der Waals surface area contributed by atoms with Crippen LogP contribution in [0, 0.1) is 5.92 Å². The van der Waals surface area contributed by atoms with Crippen molar-refractivity contribution in [3.05, 3.63) is 29.8 Å². The molecule has 0 bridgehead atoms. The highest BCUT2D eigenvalue weighted by molar-refractivity contribution is 5.28. The second kappa shape index (κ2) is 6.62. The Hall–Kier alpha value is -1.06. The van der Waals surface area contributed by atoms with E-state index < -0.39 is 6.10 Å². The van der Waals surface area contributed by atoms with Crippen molar-refractivity contribution >= 4 is 0 Å². The third-order valence-electron chi connectivity index (χ3n) is 2.82. The molecule has 0 aliphatic carbocycles. The Morgan fingerprint density at radius 1 is 1.35 bits per heavy atom. The lowest BCUT2D eigenvalue weighted by Gasteiger charge is -2.20. The number of benzene rings is 1. The monoisotopic (exact) mass is 237 g/mol. The fourth-order valence-corrected chi connectivity index (χ4v) is 1.89. The number of methoxy groups -OCH3 is 1. The summed E-state index contributed by atoms with van der Waals surface area (Å²) in [5.41, 5.74) is 7.01. The van der Waals surface area contributed by atoms with E-state index in [9.17, 15) is 5.11 Å². The van der Waals surface area contributed by atoms with Crippen LogP contribution in [-0.4, -0.2) is 24.4 Å². The van der Waals surface area contributed by atoms with Crippen molar-refractivity contribution in [3.8, 4) is 5.75 Å². The molecule has 0 spiro atoms. The van der Waals surface area contributed by atoms with Gasteiger partial charge in [0.05, 0.1) is 13.2 Å². The fourth-order valence-electron chi connectivity index (χ4n) is 1.89. The van der Waals surface area contributed by atoms with E-state index in [0.29, 0.717) is 12.3 Å². The van der Waals surface area contributed by atoms with Crippen LogP contribution in [0.15, 0.2) is 24.3 Å². The molecular formula is C14H23NO2. The maximum atomic E-state index is 10.0. The van der Waals surface area contributed by atoms with Crippen LogP contribution in [0.3, 0.4) is 0 Å². The summed E-state index contributed by atoms with van der Waals surface area (Å²) >= 11 is 0. The zero-order chi connectivity index (χ0) is 12.8. The van der Waals surface area contributed by atoms with Crippen LogP contribution in [0.4, 0.5) is 0 Å². The van der Waals surface area contributed by atoms with Crippen LogP contribution in [0.1, 0.15) is 25.8 Å². The van der Waals surface area contributed by atoms with Crippen LogP contribution in [0.5, 0.6) is 5.75 Å². The first kappa shape index (κ1) is 14.0. The second-order valence-corrected chi connectivity index (χ2v) is 4.92. The normalized spacial score (nSPS) is 14.7. The number of hydrogen-bond donors (Lipinski definition) is 2. The highest BCUT2D eigenvalue weighted by Crippen LogP contribution is 2.16. The standard InChI is InChI=1S/C14H23NO2/c1-10(2)7-13(15)14(16)9-11-5-4-6-12(8-11)17-3/h4-6,8,10,13-14,16H,7,9,15H2,1-3H3. The lowest BCUT2D eigenvalue weighted by molar-refractivity contribution is 0.134. The van der Waals surface area contributed by atoms with Gasteiger partial charge in [0.2, 0.25) is 0 Å². The third kappa shape index (κ3) is 4.75. The first-order chi connectivity index (χ1) is 8.02. The summed E-state index contributed by atoms with van der Waals surface area (Å²) in [6, 6.07) is 7.57. The van der Waals surface area contributed by atoms with Crippen molar-refractivity contribution < 1.29 is 9.84 Å². The van der Waals surface area contributed by atoms with Gasteiger partial charge >= 0.3 is 0 Å². The molecule has 0 fully saturated rings. The molecule has 0 aromatic heterocycles. The summed E-state index contributed by atoms with van der Waals surface area (Å²) in [5, 5.41) is 10.0. The van der Waals surface area contributed by atoms with E-state index >= 15 is 0 Å². The summed E-state index contributed by atoms with van der Waals surface area (Å²) in [5.74, 6) is 1.32. The van der Waals surface area contributed by atoms with Gasteiger partial charge in [0.15, 0.2) is 0 Å². The second-order valence-electron chi connectivity index (χ2n) is 4.92. The molecule has 0 amide bonds. The number of nitrogens with two attached hydrogens (primary N) is 1. The molecule has 2 atom stereocenters. The zero-order valence-electron chi connectivity index (χ0n) is 10.9. The fraction of sp³-hybridized carbons (Fsp3) is 0.571. The highest BCUT2D eigenvalue weighted by atomic mass is 16.5. The van der Waals surface area contributed by atoms with Gasteiger partial charge in [-0.25, -0.2) is 0 Å². The molecule has 1 aromatic rings. The number of rotatable bonds is 6. The Bertz CT molecular complexity index is 339. The van der Waals surface area contributed by atoms with Gasteiger partial charge < -0.3 is 15.6 Å². The van der Waals surface area contributed by atoms with E-state index in [-0.39, 0.29) is 6.04 Å². The van der Waals surface area contributed by atoms with E-state index in [4.69, 9.17) is 10.5 Å². The number of aliphatic hydroxyl groups excluding tert-OH is 1. The molecule has 3 nitrogen and oxygen atoms in total. The Morgan fingerprint density at radius 2 is 2.06 bits per heavy atom. The molecule has 2 unspecified atom stereocenters. The SMILES string of the molecule is COc1cccc(CC(O)C(N)CC(C)C)c1. The van der Waals surface area contributed by atoms with Gasteiger partial charge in [0.25, 0.3) is 0 Å². The number of hydrogen-bond acceptors (Lipinski definition) is 3. The van der Waals surface area contributed by atoms with Crippen LogP contribution in [0.25, 0.3) is 0 Å². The minimum atomic E-state index is -0.496. The average molecular weight is 237 g/mol. The topological polar surface area (TPSA) is 55.5 Å². The lowest BCUT2D eigenvalue weighted by Crippen LogP contribution is -2.37. The number of ether oxygens (including phenoxy) is 1. The minimum Gasteiger partial charge on any atom is -0.497 e. The summed E-state index contributed by atoms with van der Waals surface area (Å²) in [4.78, 5) is 0. The van der Waals surface area contributed by atoms with Gasteiger partial charge in [0.1, 0.15) is 5.75 Å². The average Bonchev–Trinajstić information content (AvgIpc) is 2.28. The Balaban J connectivity index is 2.57. The van der Waals surface area contributed by atoms with Gasteiger partial charge in [-0.2, -0.15) is 0 Å². The molecule has 17 heavy (non-hydrogen) atoms. The van der Waals surface area contributed by atoms with E-state index in [2.05, 4.69) is 13.8 Å². The quantitative estimate of drug-likeness (QED) is 0.795. The van der Waals surface area contributed by atoms with E-state index in [1.807, 2.05) is 24.3 Å². The molecule has 0 saturated heterocycles. The van der Waals surface area contributed by atoms with Crippen molar-refractivity contribution in [3.63, 3.8) is 0 Å². The molecule has 0 aliphatic rings. The van der Waals surface area contributed by atoms with Gasteiger partial charge in [-0.3, -0.25) is 0 Å². The molecule has 0 heterocycles. The largest absolute Gasteiger partial charge is 0.497 e. The van der Waals surface area contributed by atoms with Crippen molar-refractivity contribution in [1.29, 1.82) is 0 Å². The predicted molar refractivity (Wildman–Crippen MR) is 70.1 cm³/mol. The lowest BCUT2D eigenvalue weighted by atomic mass is 9.95. The van der Waals surface area contributed by atoms with Crippen LogP contribution >= 0.6 is 0 Å². The maximum Gasteiger partial charge on any atom is 0.119 e. The van der Waals surface area contributed by atoms with Gasteiger partial charge in [-0.1, -0.05) is 26.0 Å². The Kier molecular flexibility index (Phi) is 5.45. The van der Waals surface area contributed by atoms with Crippen LogP contribution in [-0.2, 0) is 6.42 Å². The van der Waals surface area contributed by atoms with E-state index in [1.165, 1.54) is 0 Å². The van der Waals surface area contributed by atoms with Gasteiger partial charge in [-0.15, -0.1) is 0 Å². The summed E-state index contributed by atoms with van der Waals surface area (Å²) in [7, 11) is 1.64. The minimum absolute atomic E-state index is 0.166. The molecule has 3 N–H and O–H groups in total. The van der Waals surface area contributed by atoms with Crippen molar-refractivity contribution in [2.45, 2.75) is 38.8 Å². The molecule has 96 valence electrons. The summed E-state index contributed by atoms with van der Waals surface area (Å²) in [6.07, 6.45) is 0.917. The zero-order valence-corrected chi connectivity index (χ0v) is 10.9. The predicted octanol–water partition coefficient (Wildman–Crippen LogP) is 1.97. The first-order valence-electron chi connectivity index (χ1n) is 6.09. The molecule has 0 radical (unpaired) electrons. The molecule has 0 aliphatic heterocycles. The van der Waals surface area contributed by atoms with Crippen LogP contribution in [0.2, 0.25) is 0 Å². The smallest absolute Gasteiger partial charge is 0.119 e. The van der Waals surface area contributed by atoms with Crippen molar-refractivity contribution in [2.24, 2.45) is 11.7 Å². The molecule has 1 rings (SSSR count). The molecule has 0 saturated carbocycles. The maximum absolute atomic E-state index is 10.0. The molecule has 3 heteroatoms. The number of aliphatic hydroxyl groups is 1. The van der Waals surface area contributed by atoms with Crippen molar-refractivity contribution in [2.75, 3.05) is 7.11 Å². The van der Waals surface area contributed by atoms with Crippen LogP contribution < -0.4 is 10.5 Å². The Labute approximate surface area is 104 Å². The summed E-state index contributed by atoms with van der Waals surface area (Å²) in [6.45, 7) is 4.22. The summed E-state index contributed by atoms with van der Waals surface area (Å²) < 4.78 is 5.15. The molecular weight excluding hydrogens is 214 g/mol. The Morgan fingerprint density at radius 3 is 2.65 bits per heavy atom. The van der Waals surface area contributed by atoms with E-state index in [0.717, 1.165) is 17.7 Å². The highest BCUT2D eigenvalue weighted by Gasteiger charge is 2.16. The first-order valence-corrected chi connectivity index (χ1v) is 6.09. The molecule has 1 aromatic carbocycles. The van der Waals surface area contributed by atoms with Gasteiger partial charge in [-0.05, 0) is 30.0 Å². The van der Waals surface area contributed by atoms with Crippen molar-refractivity contribution in [1.82, 2.24) is 0 Å².